The fraction of sp³-hybridized carbons (Fsp3) is 0.143. The number of rotatable bonds is 3. The zero-order chi connectivity index (χ0) is 9.03. The summed E-state index contributed by atoms with van der Waals surface area (Å²) in [5, 5.41) is 0. The molecule has 1 aromatic carbocycles. The highest BCUT2D eigenvalue weighted by atomic mass is 32.2. The molecule has 0 atom stereocenters. The van der Waals surface area contributed by atoms with E-state index in [9.17, 15) is 8.42 Å². The quantitative estimate of drug-likeness (QED) is 0.715. The molecule has 0 amide bonds. The molecule has 0 N–H and O–H groups in total. The average molecular weight is 186 g/mol. The van der Waals surface area contributed by atoms with Crippen LogP contribution in [0.3, 0.4) is 0 Å². The maximum absolute atomic E-state index is 10.8. The van der Waals surface area contributed by atoms with Crippen molar-refractivity contribution in [3.05, 3.63) is 35.1 Å². The van der Waals surface area contributed by atoms with E-state index in [-0.39, 0.29) is 5.75 Å². The Kier molecular flexibility index (Phi) is 2.67. The molecule has 0 spiro atoms. The minimum atomic E-state index is -3.75. The van der Waals surface area contributed by atoms with Crippen molar-refractivity contribution >= 4 is 10.3 Å². The molecule has 1 rings (SSSR count). The molecule has 0 aliphatic carbocycles. The third kappa shape index (κ3) is 2.52. The van der Waals surface area contributed by atoms with Crippen molar-refractivity contribution in [2.45, 2.75) is 0 Å². The lowest BCUT2D eigenvalue weighted by Gasteiger charge is -2.13. The number of hydrogen-bond acceptors (Lipinski definition) is 3. The van der Waals surface area contributed by atoms with Gasteiger partial charge >= 0.3 is 0 Å². The highest BCUT2D eigenvalue weighted by Gasteiger charge is 1.97. The van der Waals surface area contributed by atoms with E-state index in [1.165, 1.54) is 0 Å². The van der Waals surface area contributed by atoms with Crippen molar-refractivity contribution in [1.82, 2.24) is 0 Å². The summed E-state index contributed by atoms with van der Waals surface area (Å²) in [6.45, 7) is 0. The van der Waals surface area contributed by atoms with E-state index >= 15 is 0 Å². The maximum Gasteiger partial charge on any atom is 0.234 e. The van der Waals surface area contributed by atoms with E-state index < -0.39 is 10.3 Å². The van der Waals surface area contributed by atoms with E-state index in [1.54, 1.807) is 30.3 Å². The first-order valence-electron chi connectivity index (χ1n) is 3.24. The Morgan fingerprint density at radius 2 is 1.83 bits per heavy atom. The molecule has 0 aliphatic heterocycles. The molecular weight excluding hydrogens is 178 g/mol. The summed E-state index contributed by atoms with van der Waals surface area (Å²) in [4.78, 5) is 0. The second kappa shape index (κ2) is 3.55. The lowest BCUT2D eigenvalue weighted by Crippen LogP contribution is -2.05. The molecule has 5 heteroatoms. The number of para-hydroxylation sites is 1. The lowest BCUT2D eigenvalue weighted by molar-refractivity contribution is 0.494. The number of nitrogens with zero attached hydrogens (tertiary/aromatic N) is 1. The van der Waals surface area contributed by atoms with Crippen LogP contribution in [0.1, 0.15) is 0 Å². The fourth-order valence-electron chi connectivity index (χ4n) is 0.635. The minimum Gasteiger partial charge on any atom is -0.517 e. The predicted octanol–water partition coefficient (Wildman–Crippen LogP) is 1.31. The van der Waals surface area contributed by atoms with Gasteiger partial charge in [0.1, 0.15) is 5.75 Å². The monoisotopic (exact) mass is 186 g/mol. The number of benzene rings is 1. The summed E-state index contributed by atoms with van der Waals surface area (Å²) in [6, 6.07) is 8.22. The first-order valence-corrected chi connectivity index (χ1v) is 4.61. The molecule has 0 aliphatic rings. The van der Waals surface area contributed by atoms with Crippen LogP contribution >= 0.6 is 0 Å². The van der Waals surface area contributed by atoms with Crippen LogP contribution in [0.25, 0.3) is 4.72 Å². The van der Waals surface area contributed by atoms with E-state index in [0.29, 0.717) is 0 Å². The highest BCUT2D eigenvalue weighted by Crippen LogP contribution is 2.13. The molecule has 0 fully saturated rings. The van der Waals surface area contributed by atoms with Crippen molar-refractivity contribution < 1.29 is 12.6 Å². The molecule has 0 bridgehead atoms. The number of hydrogen-bond donors (Lipinski definition) is 0. The zero-order valence-electron chi connectivity index (χ0n) is 6.47. The van der Waals surface area contributed by atoms with Gasteiger partial charge in [0.2, 0.25) is 10.3 Å². The molecule has 66 valence electrons. The second-order valence-electron chi connectivity index (χ2n) is 2.01. The Morgan fingerprint density at radius 1 is 1.25 bits per heavy atom. The summed E-state index contributed by atoms with van der Waals surface area (Å²) in [5.41, 5.74) is 0. The Balaban J connectivity index is 2.78. The van der Waals surface area contributed by atoms with Crippen LogP contribution in [0, 0.1) is 0 Å². The summed E-state index contributed by atoms with van der Waals surface area (Å²) < 4.78 is 29.2. The Morgan fingerprint density at radius 3 is 2.33 bits per heavy atom. The molecule has 0 saturated carbocycles. The van der Waals surface area contributed by atoms with Gasteiger partial charge < -0.3 is 8.91 Å². The van der Waals surface area contributed by atoms with E-state index in [0.717, 1.165) is 7.05 Å². The van der Waals surface area contributed by atoms with Crippen molar-refractivity contribution in [2.75, 3.05) is 7.05 Å². The third-order valence-electron chi connectivity index (χ3n) is 1.17. The van der Waals surface area contributed by atoms with E-state index in [2.05, 4.69) is 8.91 Å². The SMILES string of the molecule is C[N-]S(=O)(=O)Oc1ccccc1. The van der Waals surface area contributed by atoms with Gasteiger partial charge in [-0.15, -0.1) is 7.05 Å². The summed E-state index contributed by atoms with van der Waals surface area (Å²) in [7, 11) is -2.58. The summed E-state index contributed by atoms with van der Waals surface area (Å²) in [5.74, 6) is 0.267. The molecule has 0 aromatic heterocycles. The van der Waals surface area contributed by atoms with Crippen LogP contribution in [0.4, 0.5) is 0 Å². The molecule has 4 nitrogen and oxygen atoms in total. The molecule has 1 aromatic rings. The van der Waals surface area contributed by atoms with Crippen LogP contribution in [0.15, 0.2) is 30.3 Å². The average Bonchev–Trinajstić information content (AvgIpc) is 2.06. The second-order valence-corrected chi connectivity index (χ2v) is 3.39. The van der Waals surface area contributed by atoms with Gasteiger partial charge in [-0.2, -0.15) is 0 Å². The van der Waals surface area contributed by atoms with Crippen LogP contribution in [0.2, 0.25) is 0 Å². The van der Waals surface area contributed by atoms with Crippen LogP contribution in [0.5, 0.6) is 5.75 Å². The van der Waals surface area contributed by atoms with Gasteiger partial charge in [-0.3, -0.25) is 0 Å². The molecule has 0 radical (unpaired) electrons. The molecule has 0 saturated heterocycles. The zero-order valence-corrected chi connectivity index (χ0v) is 7.28. The van der Waals surface area contributed by atoms with Crippen molar-refractivity contribution in [3.63, 3.8) is 0 Å². The Hall–Kier alpha value is -1.07. The fourth-order valence-corrected chi connectivity index (χ4v) is 1.06. The van der Waals surface area contributed by atoms with Gasteiger partial charge in [0.25, 0.3) is 0 Å². The van der Waals surface area contributed by atoms with Gasteiger partial charge in [0.15, 0.2) is 0 Å². The standard InChI is InChI=1S/C7H8NO3S/c1-8-12(9,10)11-7-5-3-2-4-6-7/h2-6H,1H3/q-1. The topological polar surface area (TPSA) is 57.5 Å². The first-order chi connectivity index (χ1) is 5.64. The summed E-state index contributed by atoms with van der Waals surface area (Å²) in [6.07, 6.45) is 0. The third-order valence-corrected chi connectivity index (χ3v) is 2.02. The van der Waals surface area contributed by atoms with Crippen molar-refractivity contribution in [3.8, 4) is 5.75 Å². The van der Waals surface area contributed by atoms with E-state index in [1.807, 2.05) is 0 Å². The highest BCUT2D eigenvalue weighted by molar-refractivity contribution is 7.89. The van der Waals surface area contributed by atoms with Gasteiger partial charge in [0.05, 0.1) is 0 Å². The van der Waals surface area contributed by atoms with Crippen LogP contribution in [-0.2, 0) is 10.3 Å². The molecule has 0 heterocycles. The predicted molar refractivity (Wildman–Crippen MR) is 45.3 cm³/mol. The summed E-state index contributed by atoms with van der Waals surface area (Å²) >= 11 is 0. The van der Waals surface area contributed by atoms with Crippen LogP contribution in [-0.4, -0.2) is 15.5 Å². The Labute approximate surface area is 71.4 Å². The van der Waals surface area contributed by atoms with Crippen molar-refractivity contribution in [2.24, 2.45) is 0 Å². The minimum absolute atomic E-state index is 0.267. The molecule has 0 unspecified atom stereocenters. The maximum atomic E-state index is 10.8. The van der Waals surface area contributed by atoms with Gasteiger partial charge in [-0.25, -0.2) is 8.42 Å². The normalized spacial score (nSPS) is 11.1. The Bertz CT molecular complexity index is 333. The smallest absolute Gasteiger partial charge is 0.234 e. The van der Waals surface area contributed by atoms with Crippen molar-refractivity contribution in [1.29, 1.82) is 0 Å². The van der Waals surface area contributed by atoms with Gasteiger partial charge in [-0.1, -0.05) is 18.2 Å². The lowest BCUT2D eigenvalue weighted by atomic mass is 10.3. The largest absolute Gasteiger partial charge is 0.517 e. The molecule has 12 heavy (non-hydrogen) atoms. The molecular formula is C7H8NO3S-. The van der Waals surface area contributed by atoms with Crippen LogP contribution < -0.4 is 4.18 Å². The first kappa shape index (κ1) is 9.02. The van der Waals surface area contributed by atoms with Gasteiger partial charge in [0, 0.05) is 0 Å². The van der Waals surface area contributed by atoms with E-state index in [4.69, 9.17) is 0 Å². The van der Waals surface area contributed by atoms with Gasteiger partial charge in [-0.05, 0) is 12.1 Å².